The van der Waals surface area contributed by atoms with Crippen LogP contribution in [0, 0.1) is 17.8 Å². The highest BCUT2D eigenvalue weighted by Crippen LogP contribution is 2.26. The molecule has 14 heavy (non-hydrogen) atoms. The average Bonchev–Trinajstić information content (AvgIpc) is 2.03. The van der Waals surface area contributed by atoms with E-state index in [1.807, 2.05) is 0 Å². The molecular formula is C13H28O. The first-order valence-corrected chi connectivity index (χ1v) is 6.18. The number of aliphatic hydroxyl groups excluding tert-OH is 1. The lowest BCUT2D eigenvalue weighted by molar-refractivity contribution is 0.0448. The fourth-order valence-electron chi connectivity index (χ4n) is 2.45. The third-order valence-electron chi connectivity index (χ3n) is 3.09. The van der Waals surface area contributed by atoms with Crippen LogP contribution in [0.3, 0.4) is 0 Å². The Morgan fingerprint density at radius 3 is 1.79 bits per heavy atom. The fourth-order valence-corrected chi connectivity index (χ4v) is 2.45. The van der Waals surface area contributed by atoms with Crippen LogP contribution >= 0.6 is 0 Å². The molecule has 1 unspecified atom stereocenters. The molecule has 1 nitrogen and oxygen atoms in total. The molecular weight excluding hydrogens is 172 g/mol. The predicted molar refractivity (Wildman–Crippen MR) is 63.3 cm³/mol. The first kappa shape index (κ1) is 14.0. The Hall–Kier alpha value is -0.0400. The molecule has 0 aromatic rings. The van der Waals surface area contributed by atoms with Gasteiger partial charge in [0.1, 0.15) is 0 Å². The lowest BCUT2D eigenvalue weighted by atomic mass is 9.79. The van der Waals surface area contributed by atoms with Crippen LogP contribution in [-0.2, 0) is 0 Å². The quantitative estimate of drug-likeness (QED) is 0.619. The van der Waals surface area contributed by atoms with Crippen molar-refractivity contribution in [3.05, 3.63) is 0 Å². The van der Waals surface area contributed by atoms with Gasteiger partial charge in [0.25, 0.3) is 0 Å². The highest BCUT2D eigenvalue weighted by atomic mass is 16.3. The van der Waals surface area contributed by atoms with E-state index in [1.54, 1.807) is 0 Å². The van der Waals surface area contributed by atoms with Crippen molar-refractivity contribution in [2.24, 2.45) is 17.8 Å². The highest BCUT2D eigenvalue weighted by molar-refractivity contribution is 4.74. The zero-order valence-corrected chi connectivity index (χ0v) is 10.6. The molecule has 1 heteroatoms. The van der Waals surface area contributed by atoms with Crippen molar-refractivity contribution in [3.8, 4) is 0 Å². The third kappa shape index (κ3) is 4.99. The second kappa shape index (κ2) is 7.28. The van der Waals surface area contributed by atoms with Crippen molar-refractivity contribution in [2.45, 2.75) is 66.4 Å². The van der Waals surface area contributed by atoms with Crippen molar-refractivity contribution in [1.29, 1.82) is 0 Å². The SMILES string of the molecule is CCCCCC(O)C(C(C)C)C(C)C. The van der Waals surface area contributed by atoms with E-state index < -0.39 is 0 Å². The molecule has 0 aliphatic rings. The summed E-state index contributed by atoms with van der Waals surface area (Å²) in [5, 5.41) is 10.1. The van der Waals surface area contributed by atoms with E-state index in [1.165, 1.54) is 19.3 Å². The third-order valence-corrected chi connectivity index (χ3v) is 3.09. The van der Waals surface area contributed by atoms with E-state index in [0.717, 1.165) is 6.42 Å². The maximum Gasteiger partial charge on any atom is 0.0573 e. The molecule has 1 N–H and O–H groups in total. The molecule has 0 aromatic heterocycles. The topological polar surface area (TPSA) is 20.2 Å². The summed E-state index contributed by atoms with van der Waals surface area (Å²) >= 11 is 0. The molecule has 0 fully saturated rings. The van der Waals surface area contributed by atoms with Crippen LogP contribution < -0.4 is 0 Å². The minimum absolute atomic E-state index is 0.0958. The smallest absolute Gasteiger partial charge is 0.0573 e. The van der Waals surface area contributed by atoms with E-state index in [0.29, 0.717) is 17.8 Å². The van der Waals surface area contributed by atoms with Gasteiger partial charge in [-0.05, 0) is 24.2 Å². The Morgan fingerprint density at radius 1 is 0.929 bits per heavy atom. The summed E-state index contributed by atoms with van der Waals surface area (Å²) < 4.78 is 0. The Balaban J connectivity index is 3.96. The van der Waals surface area contributed by atoms with Gasteiger partial charge in [-0.25, -0.2) is 0 Å². The molecule has 86 valence electrons. The summed E-state index contributed by atoms with van der Waals surface area (Å²) in [6.45, 7) is 11.1. The Morgan fingerprint density at radius 2 is 1.43 bits per heavy atom. The predicted octanol–water partition coefficient (Wildman–Crippen LogP) is 3.86. The first-order chi connectivity index (χ1) is 6.50. The monoisotopic (exact) mass is 200 g/mol. The Labute approximate surface area is 89.9 Å². The Bertz CT molecular complexity index is 121. The van der Waals surface area contributed by atoms with Crippen LogP contribution in [0.5, 0.6) is 0 Å². The molecule has 0 aromatic carbocycles. The number of rotatable bonds is 7. The maximum atomic E-state index is 10.1. The molecule has 0 spiro atoms. The Kier molecular flexibility index (Phi) is 7.26. The van der Waals surface area contributed by atoms with Crippen LogP contribution in [0.25, 0.3) is 0 Å². The van der Waals surface area contributed by atoms with Crippen LogP contribution in [-0.4, -0.2) is 11.2 Å². The van der Waals surface area contributed by atoms with E-state index >= 15 is 0 Å². The zero-order valence-electron chi connectivity index (χ0n) is 10.6. The maximum absolute atomic E-state index is 10.1. The molecule has 0 saturated heterocycles. The number of hydrogen-bond donors (Lipinski definition) is 1. The number of unbranched alkanes of at least 4 members (excludes halogenated alkanes) is 2. The normalized spacial score (nSPS) is 14.4. The van der Waals surface area contributed by atoms with Crippen molar-refractivity contribution >= 4 is 0 Å². The van der Waals surface area contributed by atoms with Gasteiger partial charge in [-0.2, -0.15) is 0 Å². The van der Waals surface area contributed by atoms with Crippen LogP contribution in [0.4, 0.5) is 0 Å². The zero-order chi connectivity index (χ0) is 11.1. The van der Waals surface area contributed by atoms with Gasteiger partial charge in [0.2, 0.25) is 0 Å². The first-order valence-electron chi connectivity index (χ1n) is 6.18. The molecule has 0 aliphatic carbocycles. The van der Waals surface area contributed by atoms with E-state index in [2.05, 4.69) is 34.6 Å². The molecule has 0 radical (unpaired) electrons. The van der Waals surface area contributed by atoms with Crippen molar-refractivity contribution in [3.63, 3.8) is 0 Å². The van der Waals surface area contributed by atoms with Crippen LogP contribution in [0.1, 0.15) is 60.3 Å². The van der Waals surface area contributed by atoms with Gasteiger partial charge in [0, 0.05) is 0 Å². The molecule has 0 bridgehead atoms. The van der Waals surface area contributed by atoms with Gasteiger partial charge in [0.05, 0.1) is 6.10 Å². The lowest BCUT2D eigenvalue weighted by Gasteiger charge is -2.29. The second-order valence-electron chi connectivity index (χ2n) is 5.13. The van der Waals surface area contributed by atoms with Crippen LogP contribution in [0.2, 0.25) is 0 Å². The summed E-state index contributed by atoms with van der Waals surface area (Å²) in [4.78, 5) is 0. The van der Waals surface area contributed by atoms with Gasteiger partial charge in [-0.1, -0.05) is 53.9 Å². The fraction of sp³-hybridized carbons (Fsp3) is 1.00. The summed E-state index contributed by atoms with van der Waals surface area (Å²) in [5.41, 5.74) is 0. The lowest BCUT2D eigenvalue weighted by Crippen LogP contribution is -2.29. The molecule has 0 heterocycles. The van der Waals surface area contributed by atoms with Gasteiger partial charge >= 0.3 is 0 Å². The summed E-state index contributed by atoms with van der Waals surface area (Å²) in [6.07, 6.45) is 4.55. The molecule has 0 rings (SSSR count). The standard InChI is InChI=1S/C13H28O/c1-6-7-8-9-12(14)13(10(2)3)11(4)5/h10-14H,6-9H2,1-5H3. The van der Waals surface area contributed by atoms with E-state index in [-0.39, 0.29) is 6.10 Å². The van der Waals surface area contributed by atoms with Crippen molar-refractivity contribution in [2.75, 3.05) is 0 Å². The summed E-state index contributed by atoms with van der Waals surface area (Å²) in [6, 6.07) is 0. The van der Waals surface area contributed by atoms with E-state index in [9.17, 15) is 5.11 Å². The summed E-state index contributed by atoms with van der Waals surface area (Å²) in [7, 11) is 0. The largest absolute Gasteiger partial charge is 0.393 e. The van der Waals surface area contributed by atoms with E-state index in [4.69, 9.17) is 0 Å². The van der Waals surface area contributed by atoms with Gasteiger partial charge < -0.3 is 5.11 Å². The highest BCUT2D eigenvalue weighted by Gasteiger charge is 2.24. The summed E-state index contributed by atoms with van der Waals surface area (Å²) in [5.74, 6) is 1.64. The number of hydrogen-bond acceptors (Lipinski definition) is 1. The molecule has 0 amide bonds. The van der Waals surface area contributed by atoms with Gasteiger partial charge in [0.15, 0.2) is 0 Å². The van der Waals surface area contributed by atoms with Crippen molar-refractivity contribution < 1.29 is 5.11 Å². The average molecular weight is 200 g/mol. The molecule has 0 aliphatic heterocycles. The van der Waals surface area contributed by atoms with Gasteiger partial charge in [-0.15, -0.1) is 0 Å². The van der Waals surface area contributed by atoms with Gasteiger partial charge in [-0.3, -0.25) is 0 Å². The number of aliphatic hydroxyl groups is 1. The van der Waals surface area contributed by atoms with Crippen molar-refractivity contribution in [1.82, 2.24) is 0 Å². The second-order valence-corrected chi connectivity index (χ2v) is 5.13. The molecule has 0 saturated carbocycles. The molecule has 1 atom stereocenters. The minimum Gasteiger partial charge on any atom is -0.393 e. The van der Waals surface area contributed by atoms with Crippen LogP contribution in [0.15, 0.2) is 0 Å². The minimum atomic E-state index is -0.0958.